The standard InChI is InChI=1S/C29H28N2O5/c1-29(2,3)36-27(33)19-15-13-18(14-16-19)17-24(28(34)35-4)31-26(32)25-20-9-5-7-11-22(20)30-23-12-8-6-10-21(23)25/h5-16,24H,17H2,1-4H3,(H,31,32)/t24-/m0/s1. The zero-order chi connectivity index (χ0) is 25.9. The van der Waals surface area contributed by atoms with Crippen LogP contribution in [-0.2, 0) is 20.7 Å². The fourth-order valence-electron chi connectivity index (χ4n) is 4.00. The van der Waals surface area contributed by atoms with E-state index in [0.717, 1.165) is 5.56 Å². The van der Waals surface area contributed by atoms with Gasteiger partial charge in [0.25, 0.3) is 5.91 Å². The number of benzene rings is 3. The van der Waals surface area contributed by atoms with Gasteiger partial charge in [-0.2, -0.15) is 0 Å². The lowest BCUT2D eigenvalue weighted by Crippen LogP contribution is -2.43. The second kappa shape index (κ2) is 10.2. The summed E-state index contributed by atoms with van der Waals surface area (Å²) in [6.45, 7) is 5.41. The highest BCUT2D eigenvalue weighted by molar-refractivity contribution is 6.16. The Morgan fingerprint density at radius 2 is 1.42 bits per heavy atom. The molecule has 0 saturated carbocycles. The highest BCUT2D eigenvalue weighted by Gasteiger charge is 2.25. The van der Waals surface area contributed by atoms with Crippen molar-refractivity contribution in [2.45, 2.75) is 38.8 Å². The molecule has 184 valence electrons. The topological polar surface area (TPSA) is 94.6 Å². The van der Waals surface area contributed by atoms with Crippen LogP contribution in [0.5, 0.6) is 0 Å². The first-order valence-electron chi connectivity index (χ1n) is 11.6. The predicted molar refractivity (Wildman–Crippen MR) is 138 cm³/mol. The lowest BCUT2D eigenvalue weighted by atomic mass is 10.00. The molecule has 36 heavy (non-hydrogen) atoms. The third kappa shape index (κ3) is 5.51. The number of rotatable bonds is 6. The second-order valence-electron chi connectivity index (χ2n) is 9.47. The van der Waals surface area contributed by atoms with Crippen LogP contribution in [0.25, 0.3) is 21.8 Å². The summed E-state index contributed by atoms with van der Waals surface area (Å²) in [6.07, 6.45) is 0.188. The Bertz CT molecular complexity index is 1380. The minimum Gasteiger partial charge on any atom is -0.467 e. The molecule has 0 saturated heterocycles. The van der Waals surface area contributed by atoms with E-state index < -0.39 is 29.5 Å². The number of ether oxygens (including phenoxy) is 2. The third-order valence-electron chi connectivity index (χ3n) is 5.63. The Labute approximate surface area is 209 Å². The summed E-state index contributed by atoms with van der Waals surface area (Å²) in [4.78, 5) is 43.1. The number of nitrogens with zero attached hydrogens (tertiary/aromatic N) is 1. The summed E-state index contributed by atoms with van der Waals surface area (Å²) in [6, 6.07) is 20.6. The zero-order valence-corrected chi connectivity index (χ0v) is 20.7. The van der Waals surface area contributed by atoms with Crippen molar-refractivity contribution < 1.29 is 23.9 Å². The van der Waals surface area contributed by atoms with Gasteiger partial charge in [-0.1, -0.05) is 48.5 Å². The molecule has 0 fully saturated rings. The minimum absolute atomic E-state index is 0.188. The number of esters is 2. The van der Waals surface area contributed by atoms with E-state index in [1.54, 1.807) is 45.0 Å². The molecule has 4 rings (SSSR count). The molecule has 0 aliphatic rings. The van der Waals surface area contributed by atoms with Crippen molar-refractivity contribution >= 4 is 39.7 Å². The van der Waals surface area contributed by atoms with Gasteiger partial charge in [-0.25, -0.2) is 14.6 Å². The van der Waals surface area contributed by atoms with Gasteiger partial charge in [0.05, 0.1) is 29.3 Å². The molecule has 0 spiro atoms. The zero-order valence-electron chi connectivity index (χ0n) is 20.7. The van der Waals surface area contributed by atoms with Gasteiger partial charge >= 0.3 is 11.9 Å². The largest absolute Gasteiger partial charge is 0.467 e. The first-order valence-corrected chi connectivity index (χ1v) is 11.6. The summed E-state index contributed by atoms with van der Waals surface area (Å²) >= 11 is 0. The molecular formula is C29H28N2O5. The van der Waals surface area contributed by atoms with Gasteiger partial charge in [-0.3, -0.25) is 4.79 Å². The third-order valence-corrected chi connectivity index (χ3v) is 5.63. The van der Waals surface area contributed by atoms with Crippen LogP contribution in [0.4, 0.5) is 0 Å². The van der Waals surface area contributed by atoms with E-state index in [9.17, 15) is 14.4 Å². The van der Waals surface area contributed by atoms with Crippen molar-refractivity contribution in [1.82, 2.24) is 10.3 Å². The van der Waals surface area contributed by atoms with Crippen molar-refractivity contribution in [3.63, 3.8) is 0 Å². The summed E-state index contributed by atoms with van der Waals surface area (Å²) in [5.41, 5.74) is 2.38. The number of hydrogen-bond donors (Lipinski definition) is 1. The number of hydrogen-bond acceptors (Lipinski definition) is 6. The van der Waals surface area contributed by atoms with E-state index in [0.29, 0.717) is 32.9 Å². The molecule has 1 heterocycles. The van der Waals surface area contributed by atoms with Crippen LogP contribution in [0, 0.1) is 0 Å². The quantitative estimate of drug-likeness (QED) is 0.310. The summed E-state index contributed by atoms with van der Waals surface area (Å²) in [5.74, 6) is -1.39. The van der Waals surface area contributed by atoms with Crippen molar-refractivity contribution in [3.05, 3.63) is 89.5 Å². The van der Waals surface area contributed by atoms with Crippen molar-refractivity contribution in [2.75, 3.05) is 7.11 Å². The lowest BCUT2D eigenvalue weighted by molar-refractivity contribution is -0.142. The van der Waals surface area contributed by atoms with Crippen molar-refractivity contribution in [3.8, 4) is 0 Å². The van der Waals surface area contributed by atoms with Gasteiger partial charge in [-0.05, 0) is 50.6 Å². The molecule has 1 amide bonds. The van der Waals surface area contributed by atoms with Crippen LogP contribution >= 0.6 is 0 Å². The SMILES string of the molecule is COC(=O)[C@H](Cc1ccc(C(=O)OC(C)(C)C)cc1)NC(=O)c1c2ccccc2nc2ccccc12. The van der Waals surface area contributed by atoms with Crippen LogP contribution in [0.15, 0.2) is 72.8 Å². The molecule has 3 aromatic carbocycles. The van der Waals surface area contributed by atoms with Crippen molar-refractivity contribution in [2.24, 2.45) is 0 Å². The predicted octanol–water partition coefficient (Wildman–Crippen LogP) is 4.86. The molecule has 0 aliphatic heterocycles. The van der Waals surface area contributed by atoms with Gasteiger partial charge in [-0.15, -0.1) is 0 Å². The highest BCUT2D eigenvalue weighted by Crippen LogP contribution is 2.26. The fraction of sp³-hybridized carbons (Fsp3) is 0.241. The number of aromatic nitrogens is 1. The average Bonchev–Trinajstić information content (AvgIpc) is 2.85. The van der Waals surface area contributed by atoms with E-state index in [-0.39, 0.29) is 6.42 Å². The fourth-order valence-corrected chi connectivity index (χ4v) is 4.00. The Morgan fingerprint density at radius 1 is 0.861 bits per heavy atom. The Hall–Kier alpha value is -4.26. The maximum absolute atomic E-state index is 13.6. The number of amides is 1. The van der Waals surface area contributed by atoms with Gasteiger partial charge in [0.15, 0.2) is 0 Å². The van der Waals surface area contributed by atoms with Crippen LogP contribution in [0.2, 0.25) is 0 Å². The number of nitrogens with one attached hydrogen (secondary N) is 1. The first-order chi connectivity index (χ1) is 17.2. The summed E-state index contributed by atoms with van der Waals surface area (Å²) in [5, 5.41) is 4.24. The van der Waals surface area contributed by atoms with Crippen LogP contribution < -0.4 is 5.32 Å². The number of para-hydroxylation sites is 2. The maximum Gasteiger partial charge on any atom is 0.338 e. The first kappa shape index (κ1) is 24.9. The maximum atomic E-state index is 13.6. The van der Waals surface area contributed by atoms with Crippen molar-refractivity contribution in [1.29, 1.82) is 0 Å². The molecule has 0 radical (unpaired) electrons. The Kier molecular flexibility index (Phi) is 7.01. The molecule has 7 heteroatoms. The number of carbonyl (C=O) groups is 3. The van der Waals surface area contributed by atoms with Gasteiger partial charge in [0.2, 0.25) is 0 Å². The lowest BCUT2D eigenvalue weighted by Gasteiger charge is -2.20. The van der Waals surface area contributed by atoms with E-state index in [2.05, 4.69) is 10.3 Å². The van der Waals surface area contributed by atoms with Gasteiger partial charge in [0, 0.05) is 17.2 Å². The smallest absolute Gasteiger partial charge is 0.338 e. The Balaban J connectivity index is 1.61. The normalized spacial score (nSPS) is 12.2. The highest BCUT2D eigenvalue weighted by atomic mass is 16.6. The molecule has 4 aromatic rings. The molecule has 0 aliphatic carbocycles. The minimum atomic E-state index is -0.930. The number of methoxy groups -OCH3 is 1. The number of carbonyl (C=O) groups excluding carboxylic acids is 3. The van der Waals surface area contributed by atoms with Crippen LogP contribution in [0.3, 0.4) is 0 Å². The second-order valence-corrected chi connectivity index (χ2v) is 9.47. The molecule has 1 N–H and O–H groups in total. The molecule has 0 unspecified atom stereocenters. The van der Waals surface area contributed by atoms with Gasteiger partial charge in [0.1, 0.15) is 11.6 Å². The monoisotopic (exact) mass is 484 g/mol. The van der Waals surface area contributed by atoms with Gasteiger partial charge < -0.3 is 14.8 Å². The number of fused-ring (bicyclic) bond motifs is 2. The summed E-state index contributed by atoms with van der Waals surface area (Å²) in [7, 11) is 1.28. The molecule has 1 aromatic heterocycles. The number of pyridine rings is 1. The average molecular weight is 485 g/mol. The van der Waals surface area contributed by atoms with Crippen LogP contribution in [0.1, 0.15) is 47.1 Å². The van der Waals surface area contributed by atoms with Crippen LogP contribution in [-0.4, -0.2) is 41.6 Å². The van der Waals surface area contributed by atoms with E-state index >= 15 is 0 Å². The molecule has 0 bridgehead atoms. The molecule has 7 nitrogen and oxygen atoms in total. The summed E-state index contributed by atoms with van der Waals surface area (Å²) < 4.78 is 10.4. The molecular weight excluding hydrogens is 456 g/mol. The Morgan fingerprint density at radius 3 is 1.94 bits per heavy atom. The van der Waals surface area contributed by atoms with E-state index in [1.807, 2.05) is 48.5 Å². The van der Waals surface area contributed by atoms with E-state index in [4.69, 9.17) is 9.47 Å². The van der Waals surface area contributed by atoms with E-state index in [1.165, 1.54) is 7.11 Å². The molecule has 1 atom stereocenters.